The fourth-order valence-corrected chi connectivity index (χ4v) is 1.87. The van der Waals surface area contributed by atoms with Gasteiger partial charge in [0.25, 0.3) is 0 Å². The minimum Gasteiger partial charge on any atom is -0.493 e. The number of benzene rings is 1. The van der Waals surface area contributed by atoms with E-state index < -0.39 is 0 Å². The van der Waals surface area contributed by atoms with Crippen LogP contribution in [0.15, 0.2) is 18.2 Å². The zero-order chi connectivity index (χ0) is 14.6. The second-order valence-electron chi connectivity index (χ2n) is 4.42. The van der Waals surface area contributed by atoms with E-state index in [9.17, 15) is 0 Å². The number of aliphatic hydroxyl groups is 1. The van der Waals surface area contributed by atoms with E-state index >= 15 is 0 Å². The molecule has 3 N–H and O–H groups in total. The van der Waals surface area contributed by atoms with Gasteiger partial charge >= 0.3 is 0 Å². The minimum absolute atomic E-state index is 0.194. The fraction of sp³-hybridized carbons (Fsp3) is 0.600. The Morgan fingerprint density at radius 2 is 1.90 bits per heavy atom. The summed E-state index contributed by atoms with van der Waals surface area (Å²) < 4.78 is 10.8. The smallest absolute Gasteiger partial charge is 0.161 e. The van der Waals surface area contributed by atoms with Crippen LogP contribution in [-0.2, 0) is 6.54 Å². The predicted molar refractivity (Wildman–Crippen MR) is 80.4 cm³/mol. The first kappa shape index (κ1) is 16.8. The van der Waals surface area contributed by atoms with Gasteiger partial charge in [-0.05, 0) is 44.1 Å². The zero-order valence-electron chi connectivity index (χ0n) is 12.4. The summed E-state index contributed by atoms with van der Waals surface area (Å²) in [6.45, 7) is 6.11. The molecule has 0 radical (unpaired) electrons. The molecule has 0 saturated heterocycles. The third kappa shape index (κ3) is 6.23. The molecule has 0 aliphatic carbocycles. The highest BCUT2D eigenvalue weighted by atomic mass is 16.5. The van der Waals surface area contributed by atoms with E-state index in [1.165, 1.54) is 5.56 Å². The van der Waals surface area contributed by atoms with Gasteiger partial charge in [-0.2, -0.15) is 0 Å². The molecular formula is C15H26N2O3. The predicted octanol–water partition coefficient (Wildman–Crippen LogP) is 1.16. The Morgan fingerprint density at radius 3 is 2.60 bits per heavy atom. The van der Waals surface area contributed by atoms with Crippen LogP contribution >= 0.6 is 0 Å². The van der Waals surface area contributed by atoms with Crippen LogP contribution in [0.5, 0.6) is 11.5 Å². The summed E-state index contributed by atoms with van der Waals surface area (Å²) in [7, 11) is 1.65. The highest BCUT2D eigenvalue weighted by Gasteiger charge is 2.04. The van der Waals surface area contributed by atoms with Crippen molar-refractivity contribution in [2.75, 3.05) is 40.0 Å². The largest absolute Gasteiger partial charge is 0.493 e. The van der Waals surface area contributed by atoms with Gasteiger partial charge < -0.3 is 25.2 Å². The lowest BCUT2D eigenvalue weighted by Gasteiger charge is -2.11. The maximum Gasteiger partial charge on any atom is 0.161 e. The molecule has 0 aliphatic rings. The Labute approximate surface area is 121 Å². The maximum atomic E-state index is 8.63. The van der Waals surface area contributed by atoms with Crippen molar-refractivity contribution in [2.24, 2.45) is 0 Å². The van der Waals surface area contributed by atoms with Gasteiger partial charge in [0.15, 0.2) is 11.5 Å². The van der Waals surface area contributed by atoms with Crippen molar-refractivity contribution in [2.45, 2.75) is 19.9 Å². The maximum absolute atomic E-state index is 8.63. The number of rotatable bonds is 11. The molecule has 5 nitrogen and oxygen atoms in total. The van der Waals surface area contributed by atoms with E-state index in [2.05, 4.69) is 10.6 Å². The molecule has 0 spiro atoms. The van der Waals surface area contributed by atoms with E-state index in [-0.39, 0.29) is 6.61 Å². The van der Waals surface area contributed by atoms with E-state index in [4.69, 9.17) is 14.6 Å². The van der Waals surface area contributed by atoms with Crippen molar-refractivity contribution in [3.8, 4) is 11.5 Å². The third-order valence-electron chi connectivity index (χ3n) is 2.85. The lowest BCUT2D eigenvalue weighted by atomic mass is 10.2. The topological polar surface area (TPSA) is 62.8 Å². The van der Waals surface area contributed by atoms with Crippen molar-refractivity contribution >= 4 is 0 Å². The second kappa shape index (κ2) is 10.5. The summed E-state index contributed by atoms with van der Waals surface area (Å²) in [6.07, 6.45) is 1.04. The van der Waals surface area contributed by atoms with Crippen LogP contribution in [0.1, 0.15) is 18.9 Å². The lowest BCUT2D eigenvalue weighted by Crippen LogP contribution is -2.23. The number of nitrogens with one attached hydrogen (secondary N) is 2. The molecule has 0 aromatic heterocycles. The Hall–Kier alpha value is -1.30. The van der Waals surface area contributed by atoms with Crippen molar-refractivity contribution < 1.29 is 14.6 Å². The van der Waals surface area contributed by atoms with E-state index in [0.717, 1.165) is 37.6 Å². The number of hydrogen-bond donors (Lipinski definition) is 3. The molecule has 20 heavy (non-hydrogen) atoms. The molecule has 0 bridgehead atoms. The van der Waals surface area contributed by atoms with Gasteiger partial charge in [-0.1, -0.05) is 6.07 Å². The molecule has 0 heterocycles. The van der Waals surface area contributed by atoms with Gasteiger partial charge in [0.2, 0.25) is 0 Å². The molecule has 1 aromatic rings. The van der Waals surface area contributed by atoms with E-state index in [0.29, 0.717) is 13.2 Å². The lowest BCUT2D eigenvalue weighted by molar-refractivity contribution is 0.292. The molecule has 0 unspecified atom stereocenters. The summed E-state index contributed by atoms with van der Waals surface area (Å²) in [5.41, 5.74) is 1.17. The first-order chi connectivity index (χ1) is 9.81. The first-order valence-electron chi connectivity index (χ1n) is 7.13. The van der Waals surface area contributed by atoms with Gasteiger partial charge in [-0.25, -0.2) is 0 Å². The number of methoxy groups -OCH3 is 1. The van der Waals surface area contributed by atoms with Crippen molar-refractivity contribution in [3.63, 3.8) is 0 Å². The Morgan fingerprint density at radius 1 is 1.10 bits per heavy atom. The number of hydrogen-bond acceptors (Lipinski definition) is 5. The molecule has 114 valence electrons. The highest BCUT2D eigenvalue weighted by Crippen LogP contribution is 2.27. The molecular weight excluding hydrogens is 256 g/mol. The Bertz CT molecular complexity index is 372. The van der Waals surface area contributed by atoms with Gasteiger partial charge in [0.1, 0.15) is 0 Å². The second-order valence-corrected chi connectivity index (χ2v) is 4.42. The summed E-state index contributed by atoms with van der Waals surface area (Å²) in [6, 6.07) is 5.99. The minimum atomic E-state index is 0.194. The third-order valence-corrected chi connectivity index (χ3v) is 2.85. The molecule has 1 aromatic carbocycles. The quantitative estimate of drug-likeness (QED) is 0.532. The van der Waals surface area contributed by atoms with Crippen molar-refractivity contribution in [3.05, 3.63) is 23.8 Å². The van der Waals surface area contributed by atoms with Gasteiger partial charge in [0.05, 0.1) is 20.3 Å². The molecule has 1 rings (SSSR count). The number of aliphatic hydroxyl groups excluding tert-OH is 1. The molecule has 0 fully saturated rings. The van der Waals surface area contributed by atoms with Crippen LogP contribution in [-0.4, -0.2) is 45.1 Å². The highest BCUT2D eigenvalue weighted by molar-refractivity contribution is 5.42. The summed E-state index contributed by atoms with van der Waals surface area (Å²) in [5, 5.41) is 15.2. The first-order valence-corrected chi connectivity index (χ1v) is 7.13. The Balaban J connectivity index is 2.29. The molecule has 0 aliphatic heterocycles. The molecule has 5 heteroatoms. The molecule has 0 atom stereocenters. The van der Waals surface area contributed by atoms with Crippen LogP contribution in [0.25, 0.3) is 0 Å². The van der Waals surface area contributed by atoms with Crippen LogP contribution in [0.3, 0.4) is 0 Å². The normalized spacial score (nSPS) is 10.6. The van der Waals surface area contributed by atoms with Crippen LogP contribution in [0.2, 0.25) is 0 Å². The van der Waals surface area contributed by atoms with E-state index in [1.807, 2.05) is 25.1 Å². The Kier molecular flexibility index (Phi) is 8.78. The average molecular weight is 282 g/mol. The number of ether oxygens (including phenoxy) is 2. The molecule has 0 amide bonds. The van der Waals surface area contributed by atoms with E-state index in [1.54, 1.807) is 7.11 Å². The SMILES string of the molecule is CCOc1ccc(CNCCCNCCO)cc1OC. The standard InChI is InChI=1S/C15H26N2O3/c1-3-20-14-6-5-13(11-15(14)19-2)12-17-8-4-7-16-9-10-18/h5-6,11,16-18H,3-4,7-10,12H2,1-2H3. The summed E-state index contributed by atoms with van der Waals surface area (Å²) >= 11 is 0. The average Bonchev–Trinajstić information content (AvgIpc) is 2.48. The van der Waals surface area contributed by atoms with Gasteiger partial charge in [-0.15, -0.1) is 0 Å². The van der Waals surface area contributed by atoms with Crippen molar-refractivity contribution in [1.82, 2.24) is 10.6 Å². The fourth-order valence-electron chi connectivity index (χ4n) is 1.87. The summed E-state index contributed by atoms with van der Waals surface area (Å²) in [5.74, 6) is 1.56. The molecule has 0 saturated carbocycles. The van der Waals surface area contributed by atoms with Crippen molar-refractivity contribution in [1.29, 1.82) is 0 Å². The van der Waals surface area contributed by atoms with Crippen LogP contribution in [0, 0.1) is 0 Å². The summed E-state index contributed by atoms with van der Waals surface area (Å²) in [4.78, 5) is 0. The van der Waals surface area contributed by atoms with Gasteiger partial charge in [0, 0.05) is 13.1 Å². The monoisotopic (exact) mass is 282 g/mol. The van der Waals surface area contributed by atoms with Gasteiger partial charge in [-0.3, -0.25) is 0 Å². The van der Waals surface area contributed by atoms with Crippen LogP contribution < -0.4 is 20.1 Å². The zero-order valence-corrected chi connectivity index (χ0v) is 12.4. The van der Waals surface area contributed by atoms with Crippen LogP contribution in [0.4, 0.5) is 0 Å².